The number of methoxy groups -OCH3 is 2. The molecular weight excluding hydrogens is 560 g/mol. The summed E-state index contributed by atoms with van der Waals surface area (Å²) in [5, 5.41) is 2.33. The second-order valence-corrected chi connectivity index (χ2v) is 11.6. The van der Waals surface area contributed by atoms with Crippen LogP contribution in [0.3, 0.4) is 0 Å². The molecule has 1 aromatic heterocycles. The van der Waals surface area contributed by atoms with Crippen molar-refractivity contribution >= 4 is 17.7 Å². The van der Waals surface area contributed by atoms with Gasteiger partial charge in [0, 0.05) is 68.5 Å². The zero-order valence-electron chi connectivity index (χ0n) is 25.2. The molecule has 0 spiro atoms. The van der Waals surface area contributed by atoms with Crippen LogP contribution >= 0.6 is 0 Å². The number of aromatic nitrogens is 1. The van der Waals surface area contributed by atoms with Crippen molar-refractivity contribution in [2.24, 2.45) is 13.0 Å². The second-order valence-electron chi connectivity index (χ2n) is 11.6. The SMILES string of the molecule is COc1cc(-c2cc(C)c(=O)n(C)c2)cc(OC)c1CN1CC(C#Cc2ccc3c(c2)C(=O)N(C2CCC(=O)NC2=O)C3)C1. The smallest absolute Gasteiger partial charge is 0.255 e. The number of nitrogens with zero attached hydrogens (tertiary/aromatic N) is 3. The summed E-state index contributed by atoms with van der Waals surface area (Å²) in [4.78, 5) is 53.0. The summed E-state index contributed by atoms with van der Waals surface area (Å²) in [6.45, 7) is 4.37. The molecule has 1 unspecified atom stereocenters. The fraction of sp³-hybridized carbons (Fsp3) is 0.353. The van der Waals surface area contributed by atoms with E-state index in [1.54, 1.807) is 43.7 Å². The van der Waals surface area contributed by atoms with Crippen molar-refractivity contribution in [1.29, 1.82) is 0 Å². The molecule has 0 radical (unpaired) electrons. The van der Waals surface area contributed by atoms with Crippen molar-refractivity contribution < 1.29 is 23.9 Å². The van der Waals surface area contributed by atoms with E-state index in [4.69, 9.17) is 9.47 Å². The van der Waals surface area contributed by atoms with Gasteiger partial charge in [0.15, 0.2) is 0 Å². The quantitative estimate of drug-likeness (QED) is 0.345. The lowest BCUT2D eigenvalue weighted by Gasteiger charge is -2.37. The van der Waals surface area contributed by atoms with Crippen LogP contribution in [0.5, 0.6) is 11.5 Å². The standard InChI is InChI=1S/C34H34N4O6/c1-20-11-25(17-36(2)33(20)41)24-13-29(43-3)27(30(14-24)44-4)19-37-15-22(16-37)6-5-21-7-8-23-18-38(34(42)26(23)12-21)28-9-10-31(39)35-32(28)40/h7-8,11-14,17,22,28H,9-10,15-16,18-19H2,1-4H3,(H,35,39,40). The molecular formula is C34H34N4O6. The summed E-state index contributed by atoms with van der Waals surface area (Å²) < 4.78 is 13.1. The Labute approximate surface area is 255 Å². The maximum absolute atomic E-state index is 13.1. The Kier molecular flexibility index (Phi) is 7.74. The molecule has 1 N–H and O–H groups in total. The number of fused-ring (bicyclic) bond motifs is 1. The van der Waals surface area contributed by atoms with Gasteiger partial charge < -0.3 is 18.9 Å². The van der Waals surface area contributed by atoms with Crippen LogP contribution in [0.1, 0.15) is 45.5 Å². The molecule has 44 heavy (non-hydrogen) atoms. The molecule has 4 heterocycles. The number of carbonyl (C=O) groups excluding carboxylic acids is 3. The maximum Gasteiger partial charge on any atom is 0.255 e. The van der Waals surface area contributed by atoms with Gasteiger partial charge in [0.25, 0.3) is 11.5 Å². The fourth-order valence-electron chi connectivity index (χ4n) is 6.17. The third kappa shape index (κ3) is 5.47. The highest BCUT2D eigenvalue weighted by Gasteiger charge is 2.39. The molecule has 3 aliphatic rings. The van der Waals surface area contributed by atoms with Crippen molar-refractivity contribution in [3.63, 3.8) is 0 Å². The van der Waals surface area contributed by atoms with Gasteiger partial charge in [-0.3, -0.25) is 29.4 Å². The van der Waals surface area contributed by atoms with E-state index in [9.17, 15) is 19.2 Å². The zero-order valence-corrected chi connectivity index (χ0v) is 25.2. The number of benzene rings is 2. The summed E-state index contributed by atoms with van der Waals surface area (Å²) in [6, 6.07) is 10.8. The Morgan fingerprint density at radius 2 is 1.70 bits per heavy atom. The summed E-state index contributed by atoms with van der Waals surface area (Å²) in [5.41, 5.74) is 5.58. The molecule has 0 saturated carbocycles. The molecule has 0 aliphatic carbocycles. The van der Waals surface area contributed by atoms with Crippen molar-refractivity contribution in [1.82, 2.24) is 19.7 Å². The van der Waals surface area contributed by atoms with Crippen molar-refractivity contribution in [3.8, 4) is 34.5 Å². The third-order valence-electron chi connectivity index (χ3n) is 8.59. The van der Waals surface area contributed by atoms with Crippen molar-refractivity contribution in [2.45, 2.75) is 38.9 Å². The molecule has 6 rings (SSSR count). The topological polar surface area (TPSA) is 110 Å². The lowest BCUT2D eigenvalue weighted by Crippen LogP contribution is -2.52. The van der Waals surface area contributed by atoms with Gasteiger partial charge in [0.1, 0.15) is 17.5 Å². The van der Waals surface area contributed by atoms with E-state index in [1.165, 1.54) is 0 Å². The molecule has 2 saturated heterocycles. The lowest BCUT2D eigenvalue weighted by atomic mass is 9.97. The first kappa shape index (κ1) is 29.2. The van der Waals surface area contributed by atoms with E-state index in [2.05, 4.69) is 22.1 Å². The molecule has 2 fully saturated rings. The van der Waals surface area contributed by atoms with Crippen LogP contribution in [0.2, 0.25) is 0 Å². The highest BCUT2D eigenvalue weighted by molar-refractivity contribution is 6.05. The van der Waals surface area contributed by atoms with Crippen LogP contribution in [0.4, 0.5) is 0 Å². The minimum atomic E-state index is -0.630. The van der Waals surface area contributed by atoms with Crippen molar-refractivity contribution in [3.05, 3.63) is 80.8 Å². The largest absolute Gasteiger partial charge is 0.496 e. The van der Waals surface area contributed by atoms with E-state index >= 15 is 0 Å². The Balaban J connectivity index is 1.11. The fourth-order valence-corrected chi connectivity index (χ4v) is 6.17. The summed E-state index contributed by atoms with van der Waals surface area (Å²) >= 11 is 0. The van der Waals surface area contributed by atoms with Gasteiger partial charge in [0.05, 0.1) is 19.8 Å². The van der Waals surface area contributed by atoms with Gasteiger partial charge in [0.2, 0.25) is 11.8 Å². The van der Waals surface area contributed by atoms with Crippen LogP contribution in [0, 0.1) is 24.7 Å². The number of piperidine rings is 1. The highest BCUT2D eigenvalue weighted by Crippen LogP contribution is 2.37. The Bertz CT molecular complexity index is 1760. The molecule has 3 aromatic rings. The number of hydrogen-bond acceptors (Lipinski definition) is 7. The van der Waals surface area contributed by atoms with Crippen LogP contribution in [-0.4, -0.2) is 65.4 Å². The molecule has 10 heteroatoms. The first-order valence-corrected chi connectivity index (χ1v) is 14.6. The summed E-state index contributed by atoms with van der Waals surface area (Å²) in [7, 11) is 5.03. The number of nitrogens with one attached hydrogen (secondary N) is 1. The van der Waals surface area contributed by atoms with Gasteiger partial charge in [-0.2, -0.15) is 0 Å². The summed E-state index contributed by atoms with van der Waals surface area (Å²) in [5.74, 6) is 7.27. The van der Waals surface area contributed by atoms with E-state index < -0.39 is 11.9 Å². The van der Waals surface area contributed by atoms with Gasteiger partial charge in [-0.1, -0.05) is 17.9 Å². The highest BCUT2D eigenvalue weighted by atomic mass is 16.5. The van der Waals surface area contributed by atoms with Crippen LogP contribution in [-0.2, 0) is 29.7 Å². The number of rotatable bonds is 6. The third-order valence-corrected chi connectivity index (χ3v) is 8.59. The van der Waals surface area contributed by atoms with E-state index in [1.807, 2.05) is 36.5 Å². The van der Waals surface area contributed by atoms with E-state index in [-0.39, 0.29) is 29.7 Å². The number of carbonyl (C=O) groups is 3. The molecule has 3 amide bonds. The van der Waals surface area contributed by atoms with E-state index in [0.29, 0.717) is 30.6 Å². The predicted molar refractivity (Wildman–Crippen MR) is 163 cm³/mol. The summed E-state index contributed by atoms with van der Waals surface area (Å²) in [6.07, 6.45) is 2.38. The van der Waals surface area contributed by atoms with Crippen LogP contribution < -0.4 is 20.3 Å². The Hall–Kier alpha value is -4.88. The van der Waals surface area contributed by atoms with Gasteiger partial charge >= 0.3 is 0 Å². The number of hydrogen-bond donors (Lipinski definition) is 1. The van der Waals surface area contributed by atoms with Gasteiger partial charge in [-0.05, 0) is 60.4 Å². The zero-order chi connectivity index (χ0) is 31.1. The van der Waals surface area contributed by atoms with Crippen LogP contribution in [0.15, 0.2) is 47.4 Å². The monoisotopic (exact) mass is 594 g/mol. The van der Waals surface area contributed by atoms with Crippen LogP contribution in [0.25, 0.3) is 11.1 Å². The van der Waals surface area contributed by atoms with Gasteiger partial charge in [-0.15, -0.1) is 0 Å². The molecule has 2 aromatic carbocycles. The minimum absolute atomic E-state index is 0.0270. The molecule has 10 nitrogen and oxygen atoms in total. The van der Waals surface area contributed by atoms with E-state index in [0.717, 1.165) is 52.4 Å². The average Bonchev–Trinajstić information content (AvgIpc) is 3.31. The molecule has 3 aliphatic heterocycles. The maximum atomic E-state index is 13.1. The molecule has 226 valence electrons. The predicted octanol–water partition coefficient (Wildman–Crippen LogP) is 2.62. The molecule has 1 atom stereocenters. The first-order valence-electron chi connectivity index (χ1n) is 14.6. The lowest BCUT2D eigenvalue weighted by molar-refractivity contribution is -0.136. The number of aryl methyl sites for hydroxylation is 2. The number of imide groups is 1. The van der Waals surface area contributed by atoms with Gasteiger partial charge in [-0.25, -0.2) is 0 Å². The molecule has 0 bridgehead atoms. The normalized spacial score (nSPS) is 18.3. The number of likely N-dealkylation sites (tertiary alicyclic amines) is 1. The second kappa shape index (κ2) is 11.7. The number of ether oxygens (including phenoxy) is 2. The number of amides is 3. The minimum Gasteiger partial charge on any atom is -0.496 e. The Morgan fingerprint density at radius 1 is 0.977 bits per heavy atom. The Morgan fingerprint density at radius 3 is 2.36 bits per heavy atom. The number of pyridine rings is 1. The first-order chi connectivity index (χ1) is 21.1. The van der Waals surface area contributed by atoms with Crippen molar-refractivity contribution in [2.75, 3.05) is 27.3 Å². The average molecular weight is 595 g/mol.